The summed E-state index contributed by atoms with van der Waals surface area (Å²) in [5, 5.41) is 12.3. The molecule has 13 heteroatoms. The van der Waals surface area contributed by atoms with Crippen molar-refractivity contribution in [1.82, 2.24) is 30.5 Å². The number of nitrogens with zero attached hydrogens (tertiary/aromatic N) is 5. The molecular formula is C30H41Cl2N7O3S. The van der Waals surface area contributed by atoms with E-state index in [1.54, 1.807) is 31.5 Å². The van der Waals surface area contributed by atoms with Gasteiger partial charge in [0.15, 0.2) is 0 Å². The van der Waals surface area contributed by atoms with Gasteiger partial charge in [0.05, 0.1) is 13.1 Å². The Hall–Kier alpha value is -3.22. The molecule has 4 rings (SSSR count). The molecule has 0 bridgehead atoms. The van der Waals surface area contributed by atoms with E-state index in [2.05, 4.69) is 27.8 Å². The number of carbonyl (C=O) groups is 3. The first-order chi connectivity index (χ1) is 19.7. The molecule has 3 aromatic rings. The fraction of sp³-hybridized carbons (Fsp3) is 0.400. The van der Waals surface area contributed by atoms with Crippen molar-refractivity contribution >= 4 is 59.6 Å². The Kier molecular flexibility index (Phi) is 13.9. The molecule has 0 unspecified atom stereocenters. The maximum atomic E-state index is 13.5. The van der Waals surface area contributed by atoms with E-state index in [0.717, 1.165) is 28.4 Å². The van der Waals surface area contributed by atoms with Gasteiger partial charge in [-0.25, -0.2) is 9.99 Å². The minimum Gasteiger partial charge on any atom is -0.353 e. The molecule has 0 saturated heterocycles. The largest absolute Gasteiger partial charge is 0.353 e. The number of nitrogens with one attached hydrogen (secondary N) is 2. The van der Waals surface area contributed by atoms with E-state index in [-0.39, 0.29) is 55.6 Å². The second-order valence-corrected chi connectivity index (χ2v) is 11.2. The summed E-state index contributed by atoms with van der Waals surface area (Å²) in [6.45, 7) is 7.43. The van der Waals surface area contributed by atoms with E-state index >= 15 is 0 Å². The second kappa shape index (κ2) is 16.6. The van der Waals surface area contributed by atoms with E-state index in [4.69, 9.17) is 0 Å². The normalized spacial score (nSPS) is 12.0. The first-order valence-corrected chi connectivity index (χ1v) is 14.6. The summed E-state index contributed by atoms with van der Waals surface area (Å²) in [5.41, 5.74) is 5.42. The van der Waals surface area contributed by atoms with Crippen LogP contribution in [0.25, 0.3) is 10.6 Å². The number of likely N-dealkylation sites (N-methyl/N-ethyl adjacent to an activating group) is 2. The zero-order valence-corrected chi connectivity index (χ0v) is 27.7. The van der Waals surface area contributed by atoms with Crippen molar-refractivity contribution in [2.45, 2.75) is 26.9 Å². The zero-order valence-electron chi connectivity index (χ0n) is 25.3. The number of hydrogen-bond donors (Lipinski definition) is 2. The zero-order chi connectivity index (χ0) is 29.5. The number of anilines is 1. The molecule has 1 aromatic heterocycles. The predicted octanol–water partition coefficient (Wildman–Crippen LogP) is 3.59. The van der Waals surface area contributed by atoms with Gasteiger partial charge >= 0.3 is 0 Å². The summed E-state index contributed by atoms with van der Waals surface area (Å²) >= 11 is 1.41. The van der Waals surface area contributed by atoms with E-state index in [1.165, 1.54) is 27.4 Å². The third-order valence-corrected chi connectivity index (χ3v) is 7.95. The van der Waals surface area contributed by atoms with E-state index in [0.29, 0.717) is 31.9 Å². The minimum atomic E-state index is -0.151. The maximum absolute atomic E-state index is 13.5. The van der Waals surface area contributed by atoms with Gasteiger partial charge < -0.3 is 20.4 Å². The number of rotatable bonds is 12. The van der Waals surface area contributed by atoms with Crippen LogP contribution in [0.15, 0.2) is 47.8 Å². The molecule has 0 atom stereocenters. The van der Waals surface area contributed by atoms with Gasteiger partial charge in [-0.2, -0.15) is 0 Å². The lowest BCUT2D eigenvalue weighted by molar-refractivity contribution is -0.145. The number of halogens is 2. The Balaban J connectivity index is 0.00000323. The van der Waals surface area contributed by atoms with Crippen molar-refractivity contribution in [2.24, 2.45) is 0 Å². The molecule has 2 aromatic carbocycles. The highest BCUT2D eigenvalue weighted by Gasteiger charge is 2.27. The van der Waals surface area contributed by atoms with Crippen molar-refractivity contribution in [1.29, 1.82) is 0 Å². The number of thiazole rings is 1. The molecule has 10 nitrogen and oxygen atoms in total. The lowest BCUT2D eigenvalue weighted by Crippen LogP contribution is -2.48. The molecule has 1 aliphatic heterocycles. The van der Waals surface area contributed by atoms with Gasteiger partial charge in [0.1, 0.15) is 10.7 Å². The molecule has 43 heavy (non-hydrogen) atoms. The number of hydrogen-bond acceptors (Lipinski definition) is 8. The molecule has 0 radical (unpaired) electrons. The molecule has 2 heterocycles. The Labute approximate surface area is 270 Å². The monoisotopic (exact) mass is 649 g/mol. The third kappa shape index (κ3) is 9.14. The Morgan fingerprint density at radius 2 is 1.65 bits per heavy atom. The van der Waals surface area contributed by atoms with Crippen LogP contribution in [0, 0.1) is 6.92 Å². The van der Waals surface area contributed by atoms with Gasteiger partial charge in [-0.15, -0.1) is 36.2 Å². The van der Waals surface area contributed by atoms with Gasteiger partial charge in [0, 0.05) is 64.0 Å². The number of carbonyl (C=O) groups excluding carboxylic acids is 3. The average molecular weight is 651 g/mol. The third-order valence-electron chi connectivity index (χ3n) is 7.06. The van der Waals surface area contributed by atoms with Crippen molar-refractivity contribution in [2.75, 3.05) is 58.8 Å². The van der Waals surface area contributed by atoms with Crippen LogP contribution in [0.3, 0.4) is 0 Å². The SMILES string of the molecule is CCNCCNC(=O)CN(CC(=O)N(C)N1Cc2ccccc2C1)c1ccc(-c2nc(C(=O)N(C)C)cs2)cc1C.Cl.Cl. The number of fused-ring (bicyclic) bond motifs is 1. The maximum Gasteiger partial charge on any atom is 0.272 e. The van der Waals surface area contributed by atoms with Crippen LogP contribution in [0.1, 0.15) is 34.1 Å². The molecule has 3 amide bonds. The van der Waals surface area contributed by atoms with Crippen LogP contribution >= 0.6 is 36.2 Å². The highest BCUT2D eigenvalue weighted by molar-refractivity contribution is 7.13. The summed E-state index contributed by atoms with van der Waals surface area (Å²) in [6.07, 6.45) is 0. The van der Waals surface area contributed by atoms with E-state index in [9.17, 15) is 14.4 Å². The van der Waals surface area contributed by atoms with Gasteiger partial charge in [0.25, 0.3) is 11.8 Å². The van der Waals surface area contributed by atoms with Crippen LogP contribution in [-0.2, 0) is 22.7 Å². The van der Waals surface area contributed by atoms with Crippen molar-refractivity contribution in [3.05, 3.63) is 70.2 Å². The molecule has 1 aliphatic rings. The van der Waals surface area contributed by atoms with Crippen LogP contribution in [0.4, 0.5) is 5.69 Å². The molecule has 234 valence electrons. The Morgan fingerprint density at radius 3 is 2.26 bits per heavy atom. The topological polar surface area (TPSA) is 101 Å². The van der Waals surface area contributed by atoms with Crippen LogP contribution in [0.5, 0.6) is 0 Å². The van der Waals surface area contributed by atoms with Crippen LogP contribution < -0.4 is 15.5 Å². The molecule has 2 N–H and O–H groups in total. The molecule has 0 spiro atoms. The second-order valence-electron chi connectivity index (χ2n) is 10.3. The fourth-order valence-corrected chi connectivity index (χ4v) is 5.54. The van der Waals surface area contributed by atoms with Gasteiger partial charge in [-0.3, -0.25) is 19.4 Å². The van der Waals surface area contributed by atoms with Crippen LogP contribution in [-0.4, -0.2) is 91.5 Å². The number of aryl methyl sites for hydroxylation is 1. The van der Waals surface area contributed by atoms with Crippen LogP contribution in [0.2, 0.25) is 0 Å². The summed E-state index contributed by atoms with van der Waals surface area (Å²) in [5.74, 6) is -0.397. The summed E-state index contributed by atoms with van der Waals surface area (Å²) < 4.78 is 0. The van der Waals surface area contributed by atoms with E-state index < -0.39 is 0 Å². The fourth-order valence-electron chi connectivity index (χ4n) is 4.75. The Bertz CT molecular complexity index is 1380. The summed E-state index contributed by atoms with van der Waals surface area (Å²) in [7, 11) is 5.19. The standard InChI is InChI=1S/C30H39N7O3S.2ClH/c1-6-31-13-14-32-27(38)18-36(19-28(39)35(5)37-16-23-9-7-8-10-24(23)17-37)26-12-11-22(15-21(26)2)29-33-25(20-41-29)30(40)34(3)4;;/h7-12,15,20,31H,6,13-14,16-19H2,1-5H3,(H,32,38);2*1H. The lowest BCUT2D eigenvalue weighted by Gasteiger charge is -2.32. The molecule has 0 aliphatic carbocycles. The van der Waals surface area contributed by atoms with Gasteiger partial charge in [-0.05, 0) is 48.4 Å². The first kappa shape index (κ1) is 36.0. The van der Waals surface area contributed by atoms with Gasteiger partial charge in [-0.1, -0.05) is 31.2 Å². The Morgan fingerprint density at radius 1 is 0.977 bits per heavy atom. The molecular weight excluding hydrogens is 609 g/mol. The van der Waals surface area contributed by atoms with Crippen molar-refractivity contribution < 1.29 is 14.4 Å². The van der Waals surface area contributed by atoms with Crippen molar-refractivity contribution in [3.8, 4) is 10.6 Å². The smallest absolute Gasteiger partial charge is 0.272 e. The van der Waals surface area contributed by atoms with Crippen molar-refractivity contribution in [3.63, 3.8) is 0 Å². The van der Waals surface area contributed by atoms with Gasteiger partial charge in [0.2, 0.25) is 5.91 Å². The first-order valence-electron chi connectivity index (χ1n) is 13.8. The molecule has 0 saturated carbocycles. The lowest BCUT2D eigenvalue weighted by atomic mass is 10.1. The summed E-state index contributed by atoms with van der Waals surface area (Å²) in [4.78, 5) is 46.6. The predicted molar refractivity (Wildman–Crippen MR) is 177 cm³/mol. The number of amides is 3. The number of benzene rings is 2. The van der Waals surface area contributed by atoms with E-state index in [1.807, 2.05) is 54.1 Å². The quantitative estimate of drug-likeness (QED) is 0.289. The molecule has 0 fully saturated rings. The number of aromatic nitrogens is 1. The average Bonchev–Trinajstić information content (AvgIpc) is 3.62. The summed E-state index contributed by atoms with van der Waals surface area (Å²) in [6, 6.07) is 14.0. The minimum absolute atomic E-state index is 0. The number of hydrazine groups is 1. The highest BCUT2D eigenvalue weighted by atomic mass is 35.5. The highest BCUT2D eigenvalue weighted by Crippen LogP contribution is 2.30.